The van der Waals surface area contributed by atoms with Gasteiger partial charge < -0.3 is 5.32 Å². The molecule has 1 heteroatoms. The number of anilines is 2. The molecule has 2 aromatic carbocycles. The van der Waals surface area contributed by atoms with E-state index in [-0.39, 0.29) is 0 Å². The summed E-state index contributed by atoms with van der Waals surface area (Å²) in [6.07, 6.45) is 23.7. The molecule has 34 heavy (non-hydrogen) atoms. The van der Waals surface area contributed by atoms with Crippen molar-refractivity contribution in [2.45, 2.75) is 136 Å². The molecule has 0 aliphatic carbocycles. The van der Waals surface area contributed by atoms with Crippen LogP contribution in [0.25, 0.3) is 0 Å². The molecule has 0 bridgehead atoms. The molecule has 1 N–H and O–H groups in total. The van der Waals surface area contributed by atoms with Crippen molar-refractivity contribution in [1.29, 1.82) is 0 Å². The Kier molecular flexibility index (Phi) is 15.5. The minimum atomic E-state index is 1.18. The summed E-state index contributed by atoms with van der Waals surface area (Å²) in [6, 6.07) is 16.1. The van der Waals surface area contributed by atoms with Gasteiger partial charge in [-0.05, 0) is 61.3 Å². The first-order valence-electron chi connectivity index (χ1n) is 14.8. The fraction of sp³-hybridized carbons (Fsp3) is 0.636. The molecule has 190 valence electrons. The zero-order chi connectivity index (χ0) is 24.3. The van der Waals surface area contributed by atoms with E-state index in [2.05, 4.69) is 68.6 Å². The molecule has 0 heterocycles. The van der Waals surface area contributed by atoms with Crippen LogP contribution in [-0.2, 0) is 19.3 Å². The van der Waals surface area contributed by atoms with Crippen molar-refractivity contribution >= 4 is 11.4 Å². The molecule has 2 aromatic rings. The molecule has 0 amide bonds. The maximum absolute atomic E-state index is 3.97. The van der Waals surface area contributed by atoms with Gasteiger partial charge >= 0.3 is 0 Å². The second kappa shape index (κ2) is 18.6. The molecule has 0 aliphatic heterocycles. The highest BCUT2D eigenvalue weighted by Gasteiger charge is 2.11. The molecule has 0 aliphatic rings. The van der Waals surface area contributed by atoms with Crippen LogP contribution < -0.4 is 5.32 Å². The third-order valence-corrected chi connectivity index (χ3v) is 7.16. The summed E-state index contributed by atoms with van der Waals surface area (Å²) < 4.78 is 0. The van der Waals surface area contributed by atoms with Crippen molar-refractivity contribution in [3.63, 3.8) is 0 Å². The molecule has 0 unspecified atom stereocenters. The van der Waals surface area contributed by atoms with Crippen molar-refractivity contribution in [3.05, 3.63) is 59.2 Å². The van der Waals surface area contributed by atoms with Gasteiger partial charge in [0.25, 0.3) is 0 Å². The molecule has 0 saturated carbocycles. The molecule has 0 saturated heterocycles. The second-order valence-electron chi connectivity index (χ2n) is 10.2. The maximum Gasteiger partial charge on any atom is 0.0449 e. The number of unbranched alkanes of at least 4 members (excludes halogenated alkanes) is 12. The second-order valence-corrected chi connectivity index (χ2v) is 10.2. The van der Waals surface area contributed by atoms with E-state index in [1.54, 1.807) is 0 Å². The zero-order valence-electron chi connectivity index (χ0n) is 22.8. The normalized spacial score (nSPS) is 11.1. The van der Waals surface area contributed by atoms with Gasteiger partial charge in [-0.25, -0.2) is 0 Å². The van der Waals surface area contributed by atoms with E-state index in [1.165, 1.54) is 144 Å². The molecule has 0 fully saturated rings. The van der Waals surface area contributed by atoms with E-state index in [0.717, 1.165) is 0 Å². The average molecular weight is 464 g/mol. The lowest BCUT2D eigenvalue weighted by molar-refractivity contribution is 0.629. The standard InChI is InChI=1S/C33H53N/c1-4-7-10-13-16-22-29-23-19-20-28-32(29)34-33-30(24-17-14-11-8-5-2)26-21-27-31(33)25-18-15-12-9-6-3/h19-21,23,26-28,34H,4-18,22,24-25H2,1-3H3. The van der Waals surface area contributed by atoms with Crippen LogP contribution in [-0.4, -0.2) is 0 Å². The Morgan fingerprint density at radius 2 is 0.853 bits per heavy atom. The minimum Gasteiger partial charge on any atom is -0.355 e. The molecule has 0 radical (unpaired) electrons. The minimum absolute atomic E-state index is 1.18. The van der Waals surface area contributed by atoms with Gasteiger partial charge in [-0.3, -0.25) is 0 Å². The summed E-state index contributed by atoms with van der Waals surface area (Å²) in [4.78, 5) is 0. The summed E-state index contributed by atoms with van der Waals surface area (Å²) >= 11 is 0. The third kappa shape index (κ3) is 11.1. The van der Waals surface area contributed by atoms with Gasteiger partial charge in [0.05, 0.1) is 0 Å². The fourth-order valence-electron chi connectivity index (χ4n) is 4.98. The highest BCUT2D eigenvalue weighted by molar-refractivity contribution is 5.69. The first-order valence-corrected chi connectivity index (χ1v) is 14.8. The summed E-state index contributed by atoms with van der Waals surface area (Å²) in [5.74, 6) is 0. The van der Waals surface area contributed by atoms with Crippen molar-refractivity contribution in [2.75, 3.05) is 5.32 Å². The van der Waals surface area contributed by atoms with Crippen LogP contribution in [0.5, 0.6) is 0 Å². The van der Waals surface area contributed by atoms with Crippen molar-refractivity contribution < 1.29 is 0 Å². The monoisotopic (exact) mass is 463 g/mol. The number of hydrogen-bond donors (Lipinski definition) is 1. The highest BCUT2D eigenvalue weighted by Crippen LogP contribution is 2.31. The van der Waals surface area contributed by atoms with Gasteiger partial charge in [-0.2, -0.15) is 0 Å². The Balaban J connectivity index is 2.12. The van der Waals surface area contributed by atoms with Gasteiger partial charge in [0.2, 0.25) is 0 Å². The van der Waals surface area contributed by atoms with Crippen LogP contribution in [0.3, 0.4) is 0 Å². The smallest absolute Gasteiger partial charge is 0.0449 e. The van der Waals surface area contributed by atoms with Gasteiger partial charge in [0.1, 0.15) is 0 Å². The summed E-state index contributed by atoms with van der Waals surface area (Å²) in [5.41, 5.74) is 7.24. The molecule has 0 spiro atoms. The van der Waals surface area contributed by atoms with Crippen molar-refractivity contribution in [1.82, 2.24) is 0 Å². The predicted octanol–water partition coefficient (Wildman–Crippen LogP) is 11.0. The number of para-hydroxylation sites is 2. The fourth-order valence-corrected chi connectivity index (χ4v) is 4.98. The molecule has 2 rings (SSSR count). The molecule has 0 aromatic heterocycles. The lowest BCUT2D eigenvalue weighted by Gasteiger charge is -2.19. The number of aryl methyl sites for hydroxylation is 3. The van der Waals surface area contributed by atoms with Crippen LogP contribution in [0.1, 0.15) is 134 Å². The van der Waals surface area contributed by atoms with Gasteiger partial charge in [-0.1, -0.05) is 134 Å². The highest BCUT2D eigenvalue weighted by atomic mass is 14.9. The Morgan fingerprint density at radius 1 is 0.441 bits per heavy atom. The van der Waals surface area contributed by atoms with E-state index in [4.69, 9.17) is 0 Å². The largest absolute Gasteiger partial charge is 0.355 e. The molecule has 0 atom stereocenters. The number of hydrogen-bond acceptors (Lipinski definition) is 1. The summed E-state index contributed by atoms with van der Waals surface area (Å²) in [5, 5.41) is 3.97. The van der Waals surface area contributed by atoms with Crippen LogP contribution in [0, 0.1) is 0 Å². The lowest BCUT2D eigenvalue weighted by atomic mass is 9.96. The predicted molar refractivity (Wildman–Crippen MR) is 154 cm³/mol. The maximum atomic E-state index is 3.97. The number of nitrogens with one attached hydrogen (secondary N) is 1. The summed E-state index contributed by atoms with van der Waals surface area (Å²) in [7, 11) is 0. The SMILES string of the molecule is CCCCCCCc1ccccc1Nc1c(CCCCCCC)cccc1CCCCCCC. The Labute approximate surface area is 212 Å². The Hall–Kier alpha value is -1.76. The van der Waals surface area contributed by atoms with E-state index < -0.39 is 0 Å². The third-order valence-electron chi connectivity index (χ3n) is 7.16. The lowest BCUT2D eigenvalue weighted by Crippen LogP contribution is -2.04. The zero-order valence-corrected chi connectivity index (χ0v) is 22.8. The van der Waals surface area contributed by atoms with E-state index >= 15 is 0 Å². The first-order chi connectivity index (χ1) is 16.8. The molecular formula is C33H53N. The average Bonchev–Trinajstić information content (AvgIpc) is 2.86. The van der Waals surface area contributed by atoms with Crippen LogP contribution in [0.2, 0.25) is 0 Å². The van der Waals surface area contributed by atoms with Gasteiger partial charge in [0, 0.05) is 11.4 Å². The molecule has 1 nitrogen and oxygen atoms in total. The van der Waals surface area contributed by atoms with Gasteiger partial charge in [0.15, 0.2) is 0 Å². The Morgan fingerprint density at radius 3 is 1.35 bits per heavy atom. The van der Waals surface area contributed by atoms with Crippen molar-refractivity contribution in [3.8, 4) is 0 Å². The van der Waals surface area contributed by atoms with E-state index in [9.17, 15) is 0 Å². The first kappa shape index (κ1) is 28.5. The topological polar surface area (TPSA) is 12.0 Å². The van der Waals surface area contributed by atoms with E-state index in [1.807, 2.05) is 0 Å². The molecular weight excluding hydrogens is 410 g/mol. The quantitative estimate of drug-likeness (QED) is 0.192. The number of benzene rings is 2. The Bertz CT molecular complexity index is 731. The van der Waals surface area contributed by atoms with Crippen LogP contribution in [0.4, 0.5) is 11.4 Å². The van der Waals surface area contributed by atoms with E-state index in [0.29, 0.717) is 0 Å². The summed E-state index contributed by atoms with van der Waals surface area (Å²) in [6.45, 7) is 6.89. The van der Waals surface area contributed by atoms with Crippen LogP contribution in [0.15, 0.2) is 42.5 Å². The van der Waals surface area contributed by atoms with Crippen LogP contribution >= 0.6 is 0 Å². The number of rotatable bonds is 20. The van der Waals surface area contributed by atoms with Gasteiger partial charge in [-0.15, -0.1) is 0 Å². The van der Waals surface area contributed by atoms with Crippen molar-refractivity contribution in [2.24, 2.45) is 0 Å².